The van der Waals surface area contributed by atoms with Crippen LogP contribution in [0.2, 0.25) is 0 Å². The first kappa shape index (κ1) is 15.1. The van der Waals surface area contributed by atoms with E-state index in [2.05, 4.69) is 16.2 Å². The van der Waals surface area contributed by atoms with Crippen LogP contribution in [0.4, 0.5) is 0 Å². The van der Waals surface area contributed by atoms with Crippen molar-refractivity contribution in [2.45, 2.75) is 26.7 Å². The topological polar surface area (TPSA) is 70.2 Å². The number of carbonyl (C=O) groups is 2. The predicted octanol–water partition coefficient (Wildman–Crippen LogP) is 1.43. The minimum absolute atomic E-state index is 0.0823. The monoisotopic (exact) mass is 279 g/mol. The van der Waals surface area contributed by atoms with Gasteiger partial charge in [-0.1, -0.05) is 24.6 Å². The van der Waals surface area contributed by atoms with Crippen LogP contribution in [0.15, 0.2) is 24.3 Å². The van der Waals surface area contributed by atoms with Crippen molar-refractivity contribution >= 4 is 29.1 Å². The summed E-state index contributed by atoms with van der Waals surface area (Å²) in [5, 5.41) is 2.55. The molecule has 102 valence electrons. The molecule has 0 aliphatic rings. The van der Waals surface area contributed by atoms with E-state index < -0.39 is 0 Å². The number of hydrogen-bond donors (Lipinski definition) is 3. The summed E-state index contributed by atoms with van der Waals surface area (Å²) in [6, 6.07) is 7.11. The van der Waals surface area contributed by atoms with Crippen molar-refractivity contribution in [2.75, 3.05) is 0 Å². The third kappa shape index (κ3) is 5.48. The van der Waals surface area contributed by atoms with Crippen LogP contribution in [0.5, 0.6) is 0 Å². The molecule has 0 radical (unpaired) electrons. The molecule has 19 heavy (non-hydrogen) atoms. The van der Waals surface area contributed by atoms with E-state index in [0.29, 0.717) is 12.0 Å². The van der Waals surface area contributed by atoms with E-state index >= 15 is 0 Å². The molecule has 0 aliphatic heterocycles. The van der Waals surface area contributed by atoms with Gasteiger partial charge in [-0.05, 0) is 37.7 Å². The maximum Gasteiger partial charge on any atom is 0.269 e. The number of carbonyl (C=O) groups excluding carboxylic acids is 2. The molecule has 0 saturated carbocycles. The zero-order valence-corrected chi connectivity index (χ0v) is 11.8. The van der Waals surface area contributed by atoms with Gasteiger partial charge in [0, 0.05) is 12.0 Å². The zero-order valence-electron chi connectivity index (χ0n) is 10.9. The quantitative estimate of drug-likeness (QED) is 0.578. The van der Waals surface area contributed by atoms with E-state index in [1.165, 1.54) is 0 Å². The fourth-order valence-corrected chi connectivity index (χ4v) is 1.50. The fraction of sp³-hybridized carbons (Fsp3) is 0.308. The number of nitrogens with one attached hydrogen (secondary N) is 3. The second-order valence-corrected chi connectivity index (χ2v) is 4.48. The average Bonchev–Trinajstić information content (AvgIpc) is 2.37. The lowest BCUT2D eigenvalue weighted by Crippen LogP contribution is -2.48. The van der Waals surface area contributed by atoms with Crippen molar-refractivity contribution in [3.8, 4) is 0 Å². The fourth-order valence-electron chi connectivity index (χ4n) is 1.34. The normalized spacial score (nSPS) is 9.58. The lowest BCUT2D eigenvalue weighted by Gasteiger charge is -2.10. The predicted molar refractivity (Wildman–Crippen MR) is 77.4 cm³/mol. The molecule has 1 rings (SSSR count). The van der Waals surface area contributed by atoms with Crippen LogP contribution in [0.25, 0.3) is 0 Å². The van der Waals surface area contributed by atoms with Crippen LogP contribution in [0, 0.1) is 6.92 Å². The highest BCUT2D eigenvalue weighted by Crippen LogP contribution is 2.02. The van der Waals surface area contributed by atoms with Crippen molar-refractivity contribution < 1.29 is 9.59 Å². The second-order valence-electron chi connectivity index (χ2n) is 4.07. The van der Waals surface area contributed by atoms with Gasteiger partial charge < -0.3 is 5.32 Å². The van der Waals surface area contributed by atoms with Crippen molar-refractivity contribution in [3.05, 3.63) is 35.4 Å². The van der Waals surface area contributed by atoms with E-state index in [-0.39, 0.29) is 16.9 Å². The minimum Gasteiger partial charge on any atom is -0.302 e. The molecule has 0 bridgehead atoms. The third-order valence-electron chi connectivity index (χ3n) is 2.33. The lowest BCUT2D eigenvalue weighted by atomic mass is 10.1. The number of hydrogen-bond acceptors (Lipinski definition) is 3. The molecule has 2 amide bonds. The first-order chi connectivity index (χ1) is 9.02. The molecule has 3 N–H and O–H groups in total. The molecule has 6 heteroatoms. The Balaban J connectivity index is 2.40. The van der Waals surface area contributed by atoms with Crippen molar-refractivity contribution in [2.24, 2.45) is 0 Å². The number of hydrazine groups is 1. The molecule has 1 aromatic carbocycles. The smallest absolute Gasteiger partial charge is 0.269 e. The van der Waals surface area contributed by atoms with E-state index in [0.717, 1.165) is 12.0 Å². The maximum atomic E-state index is 11.7. The summed E-state index contributed by atoms with van der Waals surface area (Å²) in [7, 11) is 0. The molecular formula is C13H17N3O2S. The van der Waals surface area contributed by atoms with E-state index in [9.17, 15) is 9.59 Å². The second kappa shape index (κ2) is 7.48. The molecule has 0 aromatic heterocycles. The molecule has 5 nitrogen and oxygen atoms in total. The average molecular weight is 279 g/mol. The largest absolute Gasteiger partial charge is 0.302 e. The summed E-state index contributed by atoms with van der Waals surface area (Å²) in [6.45, 7) is 3.84. The Morgan fingerprint density at radius 2 is 1.79 bits per heavy atom. The third-order valence-corrected chi connectivity index (χ3v) is 2.54. The van der Waals surface area contributed by atoms with Crippen molar-refractivity contribution in [1.29, 1.82) is 0 Å². The summed E-state index contributed by atoms with van der Waals surface area (Å²) in [4.78, 5) is 23.0. The number of amides is 2. The van der Waals surface area contributed by atoms with Gasteiger partial charge in [0.25, 0.3) is 5.91 Å². The van der Waals surface area contributed by atoms with Gasteiger partial charge in [0.05, 0.1) is 0 Å². The van der Waals surface area contributed by atoms with Gasteiger partial charge in [-0.25, -0.2) is 0 Å². The first-order valence-corrected chi connectivity index (χ1v) is 6.40. The summed E-state index contributed by atoms with van der Waals surface area (Å²) < 4.78 is 0. The SMILES string of the molecule is CCCC(=O)NC(=S)NNC(=O)c1ccc(C)cc1. The Hall–Kier alpha value is -1.95. The number of aryl methyl sites for hydroxylation is 1. The molecule has 0 aliphatic carbocycles. The summed E-state index contributed by atoms with van der Waals surface area (Å²) in [5.41, 5.74) is 6.50. The number of rotatable bonds is 3. The highest BCUT2D eigenvalue weighted by atomic mass is 32.1. The van der Waals surface area contributed by atoms with Crippen LogP contribution in [-0.2, 0) is 4.79 Å². The van der Waals surface area contributed by atoms with Crippen LogP contribution >= 0.6 is 12.2 Å². The highest BCUT2D eigenvalue weighted by Gasteiger charge is 2.06. The molecule has 0 unspecified atom stereocenters. The number of thiocarbonyl (C=S) groups is 1. The Bertz CT molecular complexity index is 471. The molecule has 0 spiro atoms. The first-order valence-electron chi connectivity index (χ1n) is 5.99. The highest BCUT2D eigenvalue weighted by molar-refractivity contribution is 7.80. The van der Waals surface area contributed by atoms with Gasteiger partial charge in [0.15, 0.2) is 5.11 Å². The summed E-state index contributed by atoms with van der Waals surface area (Å²) in [5.74, 6) is -0.489. The van der Waals surface area contributed by atoms with Gasteiger partial charge in [0.2, 0.25) is 5.91 Å². The Morgan fingerprint density at radius 3 is 2.37 bits per heavy atom. The van der Waals surface area contributed by atoms with Gasteiger partial charge in [-0.2, -0.15) is 0 Å². The molecular weight excluding hydrogens is 262 g/mol. The minimum atomic E-state index is -0.313. The maximum absolute atomic E-state index is 11.7. The van der Waals surface area contributed by atoms with Gasteiger partial charge in [0.1, 0.15) is 0 Å². The lowest BCUT2D eigenvalue weighted by molar-refractivity contribution is -0.119. The van der Waals surface area contributed by atoms with Gasteiger partial charge in [-0.15, -0.1) is 0 Å². The van der Waals surface area contributed by atoms with Crippen LogP contribution < -0.4 is 16.2 Å². The molecule has 0 saturated heterocycles. The Kier molecular flexibility index (Phi) is 5.95. The Morgan fingerprint density at radius 1 is 1.16 bits per heavy atom. The molecule has 0 fully saturated rings. The zero-order chi connectivity index (χ0) is 14.3. The van der Waals surface area contributed by atoms with Crippen LogP contribution in [0.1, 0.15) is 35.7 Å². The van der Waals surface area contributed by atoms with E-state index in [1.807, 2.05) is 26.0 Å². The standard InChI is InChI=1S/C13H17N3O2S/c1-3-4-11(17)14-13(19)16-15-12(18)10-7-5-9(2)6-8-10/h5-8H,3-4H2,1-2H3,(H,15,18)(H2,14,16,17,19). The van der Waals surface area contributed by atoms with Gasteiger partial charge in [-0.3, -0.25) is 20.4 Å². The Labute approximate surface area is 117 Å². The van der Waals surface area contributed by atoms with Gasteiger partial charge >= 0.3 is 0 Å². The number of benzene rings is 1. The molecule has 0 heterocycles. The summed E-state index contributed by atoms with van der Waals surface area (Å²) >= 11 is 4.88. The van der Waals surface area contributed by atoms with E-state index in [1.54, 1.807) is 12.1 Å². The van der Waals surface area contributed by atoms with Crippen LogP contribution in [-0.4, -0.2) is 16.9 Å². The van der Waals surface area contributed by atoms with Crippen LogP contribution in [0.3, 0.4) is 0 Å². The molecule has 0 atom stereocenters. The van der Waals surface area contributed by atoms with Crippen molar-refractivity contribution in [1.82, 2.24) is 16.2 Å². The van der Waals surface area contributed by atoms with Crippen molar-refractivity contribution in [3.63, 3.8) is 0 Å². The van der Waals surface area contributed by atoms with E-state index in [4.69, 9.17) is 12.2 Å². The summed E-state index contributed by atoms with van der Waals surface area (Å²) in [6.07, 6.45) is 1.14. The molecule has 1 aromatic rings.